The summed E-state index contributed by atoms with van der Waals surface area (Å²) in [5.74, 6) is 0. The number of hydrogen-bond donors (Lipinski definition) is 2. The van der Waals surface area contributed by atoms with Gasteiger partial charge >= 0.3 is 0 Å². The fourth-order valence-electron chi connectivity index (χ4n) is 0.985. The van der Waals surface area contributed by atoms with E-state index in [0.29, 0.717) is 0 Å². The van der Waals surface area contributed by atoms with Gasteiger partial charge in [0.1, 0.15) is 0 Å². The zero-order valence-electron chi connectivity index (χ0n) is 7.64. The summed E-state index contributed by atoms with van der Waals surface area (Å²) in [6, 6.07) is 7.54. The summed E-state index contributed by atoms with van der Waals surface area (Å²) in [6.07, 6.45) is 3.15. The molecule has 0 heterocycles. The first-order chi connectivity index (χ1) is 6.22. The third-order valence-electron chi connectivity index (χ3n) is 1.73. The molecule has 1 rings (SSSR count). The van der Waals surface area contributed by atoms with Crippen LogP contribution in [0.1, 0.15) is 18.1 Å². The van der Waals surface area contributed by atoms with Crippen molar-refractivity contribution in [2.45, 2.75) is 19.6 Å². The van der Waals surface area contributed by atoms with Gasteiger partial charge in [0.2, 0.25) is 0 Å². The Morgan fingerprint density at radius 2 is 1.92 bits per heavy atom. The molecule has 0 aliphatic carbocycles. The molecule has 1 aromatic carbocycles. The average Bonchev–Trinajstić information content (AvgIpc) is 2.15. The van der Waals surface area contributed by atoms with Gasteiger partial charge in [0.05, 0.1) is 12.7 Å². The summed E-state index contributed by atoms with van der Waals surface area (Å²) < 4.78 is 0. The maximum Gasteiger partial charge on any atom is 0.0696 e. The molecule has 1 unspecified atom stereocenters. The van der Waals surface area contributed by atoms with Crippen molar-refractivity contribution in [1.82, 2.24) is 0 Å². The fourth-order valence-corrected chi connectivity index (χ4v) is 0.985. The highest BCUT2D eigenvalue weighted by Gasteiger charge is 1.90. The second-order valence-electron chi connectivity index (χ2n) is 3.00. The lowest BCUT2D eigenvalue weighted by atomic mass is 10.1. The normalized spacial score (nSPS) is 13.5. The van der Waals surface area contributed by atoms with E-state index in [9.17, 15) is 0 Å². The van der Waals surface area contributed by atoms with Gasteiger partial charge in [-0.05, 0) is 18.1 Å². The van der Waals surface area contributed by atoms with E-state index in [1.54, 1.807) is 13.0 Å². The van der Waals surface area contributed by atoms with Crippen molar-refractivity contribution >= 4 is 6.08 Å². The molecule has 2 heteroatoms. The summed E-state index contributed by atoms with van der Waals surface area (Å²) in [6.45, 7) is 1.78. The molecule has 1 atom stereocenters. The highest BCUT2D eigenvalue weighted by atomic mass is 16.3. The molecule has 0 spiro atoms. The molecular weight excluding hydrogens is 164 g/mol. The van der Waals surface area contributed by atoms with E-state index in [-0.39, 0.29) is 6.61 Å². The molecule has 0 amide bonds. The molecule has 0 saturated heterocycles. The summed E-state index contributed by atoms with van der Waals surface area (Å²) in [7, 11) is 0. The van der Waals surface area contributed by atoms with Crippen LogP contribution in [0.2, 0.25) is 0 Å². The van der Waals surface area contributed by atoms with E-state index in [1.807, 2.05) is 30.3 Å². The van der Waals surface area contributed by atoms with Crippen LogP contribution in [0.25, 0.3) is 6.08 Å². The molecule has 0 aromatic heterocycles. The Labute approximate surface area is 78.2 Å². The average molecular weight is 178 g/mol. The third kappa shape index (κ3) is 3.40. The number of benzene rings is 1. The molecule has 0 fully saturated rings. The van der Waals surface area contributed by atoms with E-state index < -0.39 is 6.10 Å². The van der Waals surface area contributed by atoms with Crippen LogP contribution in [-0.4, -0.2) is 16.3 Å². The minimum Gasteiger partial charge on any atom is -0.392 e. The van der Waals surface area contributed by atoms with Crippen LogP contribution in [0.4, 0.5) is 0 Å². The quantitative estimate of drug-likeness (QED) is 0.737. The van der Waals surface area contributed by atoms with Gasteiger partial charge in [-0.3, -0.25) is 0 Å². The van der Waals surface area contributed by atoms with Gasteiger partial charge < -0.3 is 10.2 Å². The molecule has 2 nitrogen and oxygen atoms in total. The summed E-state index contributed by atoms with van der Waals surface area (Å²) in [4.78, 5) is 0. The lowest BCUT2D eigenvalue weighted by Crippen LogP contribution is -1.91. The third-order valence-corrected chi connectivity index (χ3v) is 1.73. The Kier molecular flexibility index (Phi) is 3.68. The summed E-state index contributed by atoms with van der Waals surface area (Å²) in [5.41, 5.74) is 1.92. The number of rotatable bonds is 3. The second kappa shape index (κ2) is 4.80. The molecule has 13 heavy (non-hydrogen) atoms. The fraction of sp³-hybridized carbons (Fsp3) is 0.273. The van der Waals surface area contributed by atoms with Crippen LogP contribution >= 0.6 is 0 Å². The standard InChI is InChI=1S/C11H14O2/c1-9(13)2-3-10-4-6-11(8-12)7-5-10/h2-7,9,12-13H,8H2,1H3/b3-2+. The maximum atomic E-state index is 8.99. The molecule has 0 saturated carbocycles. The van der Waals surface area contributed by atoms with E-state index in [4.69, 9.17) is 10.2 Å². The Balaban J connectivity index is 2.69. The number of aliphatic hydroxyl groups excluding tert-OH is 2. The first kappa shape index (κ1) is 9.96. The lowest BCUT2D eigenvalue weighted by Gasteiger charge is -1.97. The van der Waals surface area contributed by atoms with Crippen LogP contribution in [0.5, 0.6) is 0 Å². The molecule has 70 valence electrons. The SMILES string of the molecule is CC(O)/C=C/c1ccc(CO)cc1. The Morgan fingerprint density at radius 3 is 2.38 bits per heavy atom. The topological polar surface area (TPSA) is 40.5 Å². The van der Waals surface area contributed by atoms with E-state index >= 15 is 0 Å². The summed E-state index contributed by atoms with van der Waals surface area (Å²) in [5, 5.41) is 17.8. The van der Waals surface area contributed by atoms with Gasteiger partial charge in [0.15, 0.2) is 0 Å². The second-order valence-corrected chi connectivity index (χ2v) is 3.00. The molecule has 1 aromatic rings. The molecule has 0 bridgehead atoms. The molecule has 0 aliphatic heterocycles. The first-order valence-electron chi connectivity index (χ1n) is 4.28. The molecule has 0 aliphatic rings. The zero-order valence-corrected chi connectivity index (χ0v) is 7.64. The van der Waals surface area contributed by atoms with Gasteiger partial charge in [-0.25, -0.2) is 0 Å². The van der Waals surface area contributed by atoms with Crippen molar-refractivity contribution < 1.29 is 10.2 Å². The van der Waals surface area contributed by atoms with Gasteiger partial charge in [0, 0.05) is 0 Å². The van der Waals surface area contributed by atoms with E-state index in [0.717, 1.165) is 11.1 Å². The van der Waals surface area contributed by atoms with Gasteiger partial charge in [-0.2, -0.15) is 0 Å². The van der Waals surface area contributed by atoms with E-state index in [1.165, 1.54) is 0 Å². The number of hydrogen-bond acceptors (Lipinski definition) is 2. The monoisotopic (exact) mass is 178 g/mol. The van der Waals surface area contributed by atoms with E-state index in [2.05, 4.69) is 0 Å². The van der Waals surface area contributed by atoms with Gasteiger partial charge in [-0.15, -0.1) is 0 Å². The predicted octanol–water partition coefficient (Wildman–Crippen LogP) is 1.57. The molecule has 0 radical (unpaired) electrons. The molecule has 2 N–H and O–H groups in total. The van der Waals surface area contributed by atoms with Crippen LogP contribution in [0.3, 0.4) is 0 Å². The first-order valence-corrected chi connectivity index (χ1v) is 4.28. The predicted molar refractivity (Wildman–Crippen MR) is 53.1 cm³/mol. The Hall–Kier alpha value is -1.12. The van der Waals surface area contributed by atoms with Crippen LogP contribution in [0.15, 0.2) is 30.3 Å². The lowest BCUT2D eigenvalue weighted by molar-refractivity contribution is 0.245. The minimum absolute atomic E-state index is 0.0698. The van der Waals surface area contributed by atoms with Gasteiger partial charge in [0.25, 0.3) is 0 Å². The van der Waals surface area contributed by atoms with Crippen molar-refractivity contribution in [2.24, 2.45) is 0 Å². The highest BCUT2D eigenvalue weighted by Crippen LogP contribution is 2.06. The van der Waals surface area contributed by atoms with Crippen LogP contribution in [0, 0.1) is 0 Å². The number of aliphatic hydroxyl groups is 2. The van der Waals surface area contributed by atoms with Crippen molar-refractivity contribution in [2.75, 3.05) is 0 Å². The van der Waals surface area contributed by atoms with Gasteiger partial charge in [-0.1, -0.05) is 36.4 Å². The van der Waals surface area contributed by atoms with Crippen LogP contribution < -0.4 is 0 Å². The van der Waals surface area contributed by atoms with Crippen molar-refractivity contribution in [3.05, 3.63) is 41.5 Å². The van der Waals surface area contributed by atoms with Crippen molar-refractivity contribution in [3.8, 4) is 0 Å². The van der Waals surface area contributed by atoms with Crippen molar-refractivity contribution in [1.29, 1.82) is 0 Å². The highest BCUT2D eigenvalue weighted by molar-refractivity contribution is 5.50. The maximum absolute atomic E-state index is 8.99. The Bertz CT molecular complexity index is 273. The zero-order chi connectivity index (χ0) is 9.68. The minimum atomic E-state index is -0.419. The molecular formula is C11H14O2. The smallest absolute Gasteiger partial charge is 0.0696 e. The van der Waals surface area contributed by atoms with Crippen molar-refractivity contribution in [3.63, 3.8) is 0 Å². The summed E-state index contributed by atoms with van der Waals surface area (Å²) >= 11 is 0. The van der Waals surface area contributed by atoms with Crippen LogP contribution in [-0.2, 0) is 6.61 Å². The Morgan fingerprint density at radius 1 is 1.31 bits per heavy atom. The largest absolute Gasteiger partial charge is 0.392 e.